The minimum Gasteiger partial charge on any atom is -0.330 e. The Morgan fingerprint density at radius 2 is 1.61 bits per heavy atom. The van der Waals surface area contributed by atoms with E-state index in [9.17, 15) is 0 Å². The molecule has 0 aliphatic rings. The van der Waals surface area contributed by atoms with Gasteiger partial charge in [-0.3, -0.25) is 0 Å². The molecule has 0 rings (SSSR count). The molecule has 110 valence electrons. The van der Waals surface area contributed by atoms with Crippen LogP contribution in [0.4, 0.5) is 0 Å². The lowest BCUT2D eigenvalue weighted by atomic mass is 10.3. The second-order valence-electron chi connectivity index (χ2n) is 4.77. The van der Waals surface area contributed by atoms with Crippen LogP contribution in [0, 0.1) is 0 Å². The van der Waals surface area contributed by atoms with E-state index in [-0.39, 0.29) is 0 Å². The van der Waals surface area contributed by atoms with E-state index in [2.05, 4.69) is 35.9 Å². The van der Waals surface area contributed by atoms with E-state index < -0.39 is 0 Å². The van der Waals surface area contributed by atoms with Gasteiger partial charge in [0.25, 0.3) is 0 Å². The highest BCUT2D eigenvalue weighted by Crippen LogP contribution is 1.95. The monoisotopic (exact) mass is 258 g/mol. The van der Waals surface area contributed by atoms with Gasteiger partial charge in [0.15, 0.2) is 0 Å². The molecule has 0 saturated carbocycles. The van der Waals surface area contributed by atoms with Crippen LogP contribution in [-0.2, 0) is 0 Å². The van der Waals surface area contributed by atoms with E-state index >= 15 is 0 Å². The predicted octanol–water partition coefficient (Wildman–Crippen LogP) is 0.979. The molecule has 4 heteroatoms. The van der Waals surface area contributed by atoms with Gasteiger partial charge in [-0.1, -0.05) is 20.8 Å². The molecule has 0 aliphatic carbocycles. The van der Waals surface area contributed by atoms with Crippen LogP contribution >= 0.6 is 0 Å². The molecule has 18 heavy (non-hydrogen) atoms. The first-order valence-corrected chi connectivity index (χ1v) is 7.63. The van der Waals surface area contributed by atoms with Crippen LogP contribution in [0.3, 0.4) is 0 Å². The van der Waals surface area contributed by atoms with Crippen molar-refractivity contribution in [2.75, 3.05) is 58.9 Å². The molecule has 3 N–H and O–H groups in total. The van der Waals surface area contributed by atoms with Crippen molar-refractivity contribution in [3.8, 4) is 0 Å². The van der Waals surface area contributed by atoms with Gasteiger partial charge in [-0.15, -0.1) is 0 Å². The van der Waals surface area contributed by atoms with Crippen molar-refractivity contribution in [3.63, 3.8) is 0 Å². The van der Waals surface area contributed by atoms with E-state index in [4.69, 9.17) is 5.73 Å². The molecular weight excluding hydrogens is 224 g/mol. The summed E-state index contributed by atoms with van der Waals surface area (Å²) in [6.45, 7) is 16.6. The lowest BCUT2D eigenvalue weighted by Crippen LogP contribution is -2.39. The lowest BCUT2D eigenvalue weighted by Gasteiger charge is -2.26. The molecule has 0 saturated heterocycles. The van der Waals surface area contributed by atoms with Crippen LogP contribution in [0.5, 0.6) is 0 Å². The molecule has 0 atom stereocenters. The first-order valence-electron chi connectivity index (χ1n) is 7.63. The van der Waals surface area contributed by atoms with Crippen LogP contribution in [0.2, 0.25) is 0 Å². The average Bonchev–Trinajstić information content (AvgIpc) is 2.39. The molecule has 0 bridgehead atoms. The maximum absolute atomic E-state index is 5.61. The van der Waals surface area contributed by atoms with Gasteiger partial charge >= 0.3 is 0 Å². The van der Waals surface area contributed by atoms with Gasteiger partial charge in [-0.05, 0) is 45.6 Å². The third kappa shape index (κ3) is 9.83. The summed E-state index contributed by atoms with van der Waals surface area (Å²) >= 11 is 0. The Kier molecular flexibility index (Phi) is 13.2. The van der Waals surface area contributed by atoms with Gasteiger partial charge in [-0.2, -0.15) is 0 Å². The first kappa shape index (κ1) is 17.8. The summed E-state index contributed by atoms with van der Waals surface area (Å²) in [6, 6.07) is 0. The molecule has 0 aliphatic heterocycles. The van der Waals surface area contributed by atoms with Crippen molar-refractivity contribution in [1.29, 1.82) is 0 Å². The van der Waals surface area contributed by atoms with Gasteiger partial charge in [0.05, 0.1) is 0 Å². The lowest BCUT2D eigenvalue weighted by molar-refractivity contribution is 0.208. The van der Waals surface area contributed by atoms with Crippen LogP contribution < -0.4 is 11.1 Å². The van der Waals surface area contributed by atoms with Crippen LogP contribution in [0.25, 0.3) is 0 Å². The van der Waals surface area contributed by atoms with E-state index in [1.807, 2.05) is 0 Å². The molecule has 0 aromatic heterocycles. The quantitative estimate of drug-likeness (QED) is 0.483. The molecule has 0 fully saturated rings. The molecule has 0 spiro atoms. The van der Waals surface area contributed by atoms with Crippen molar-refractivity contribution in [2.24, 2.45) is 5.73 Å². The van der Waals surface area contributed by atoms with Gasteiger partial charge < -0.3 is 20.9 Å². The van der Waals surface area contributed by atoms with Gasteiger partial charge in [0, 0.05) is 26.2 Å². The van der Waals surface area contributed by atoms with Crippen molar-refractivity contribution >= 4 is 0 Å². The minimum absolute atomic E-state index is 0.796. The zero-order valence-electron chi connectivity index (χ0n) is 12.7. The SMILES string of the molecule is CCCN(CC)CCN(CCCN)CCNCC. The standard InChI is InChI=1S/C14H34N4/c1-4-10-17(6-3)13-14-18(11-7-8-15)12-9-16-5-2/h16H,4-15H2,1-3H3. The van der Waals surface area contributed by atoms with E-state index in [1.54, 1.807) is 0 Å². The summed E-state index contributed by atoms with van der Waals surface area (Å²) in [4.78, 5) is 5.07. The molecule has 0 radical (unpaired) electrons. The molecule has 0 aromatic rings. The fraction of sp³-hybridized carbons (Fsp3) is 1.00. The third-order valence-corrected chi connectivity index (χ3v) is 3.25. The van der Waals surface area contributed by atoms with Gasteiger partial charge in [0.1, 0.15) is 0 Å². The van der Waals surface area contributed by atoms with Crippen LogP contribution in [0.15, 0.2) is 0 Å². The summed E-state index contributed by atoms with van der Waals surface area (Å²) < 4.78 is 0. The van der Waals surface area contributed by atoms with E-state index in [1.165, 1.54) is 26.1 Å². The summed E-state index contributed by atoms with van der Waals surface area (Å²) in [6.07, 6.45) is 2.35. The minimum atomic E-state index is 0.796. The molecule has 0 unspecified atom stereocenters. The number of nitrogens with two attached hydrogens (primary N) is 1. The maximum atomic E-state index is 5.61. The molecule has 0 aromatic carbocycles. The van der Waals surface area contributed by atoms with Crippen molar-refractivity contribution < 1.29 is 0 Å². The average molecular weight is 258 g/mol. The summed E-state index contributed by atoms with van der Waals surface area (Å²) in [5.74, 6) is 0. The Hall–Kier alpha value is -0.160. The number of rotatable bonds is 13. The van der Waals surface area contributed by atoms with Crippen LogP contribution in [0.1, 0.15) is 33.6 Å². The normalized spacial score (nSPS) is 11.7. The van der Waals surface area contributed by atoms with Gasteiger partial charge in [-0.25, -0.2) is 0 Å². The Balaban J connectivity index is 3.88. The highest BCUT2D eigenvalue weighted by atomic mass is 15.2. The smallest absolute Gasteiger partial charge is 0.0110 e. The zero-order valence-corrected chi connectivity index (χ0v) is 12.7. The Labute approximate surface area is 114 Å². The van der Waals surface area contributed by atoms with Gasteiger partial charge in [0.2, 0.25) is 0 Å². The summed E-state index contributed by atoms with van der Waals surface area (Å²) in [5, 5.41) is 3.40. The topological polar surface area (TPSA) is 44.5 Å². The molecular formula is C14H34N4. The Morgan fingerprint density at radius 1 is 0.889 bits per heavy atom. The number of nitrogens with zero attached hydrogens (tertiary/aromatic N) is 2. The second kappa shape index (κ2) is 13.3. The number of nitrogens with one attached hydrogen (secondary N) is 1. The fourth-order valence-electron chi connectivity index (χ4n) is 2.09. The van der Waals surface area contributed by atoms with Crippen LogP contribution in [-0.4, -0.2) is 68.7 Å². The third-order valence-electron chi connectivity index (χ3n) is 3.25. The molecule has 0 amide bonds. The second-order valence-corrected chi connectivity index (χ2v) is 4.77. The first-order chi connectivity index (χ1) is 8.78. The predicted molar refractivity (Wildman–Crippen MR) is 81.1 cm³/mol. The molecule has 4 nitrogen and oxygen atoms in total. The van der Waals surface area contributed by atoms with Crippen molar-refractivity contribution in [1.82, 2.24) is 15.1 Å². The zero-order chi connectivity index (χ0) is 13.6. The van der Waals surface area contributed by atoms with Crippen molar-refractivity contribution in [3.05, 3.63) is 0 Å². The number of hydrogen-bond donors (Lipinski definition) is 2. The number of hydrogen-bond acceptors (Lipinski definition) is 4. The number of likely N-dealkylation sites (N-methyl/N-ethyl adjacent to an activating group) is 2. The summed E-state index contributed by atoms with van der Waals surface area (Å²) in [5.41, 5.74) is 5.61. The maximum Gasteiger partial charge on any atom is 0.0110 e. The highest BCUT2D eigenvalue weighted by molar-refractivity contribution is 4.64. The Bertz CT molecular complexity index is 164. The highest BCUT2D eigenvalue weighted by Gasteiger charge is 2.07. The largest absolute Gasteiger partial charge is 0.330 e. The Morgan fingerprint density at radius 3 is 2.17 bits per heavy atom. The van der Waals surface area contributed by atoms with Crippen molar-refractivity contribution in [2.45, 2.75) is 33.6 Å². The molecule has 0 heterocycles. The van der Waals surface area contributed by atoms with E-state index in [0.717, 1.165) is 45.7 Å². The fourth-order valence-corrected chi connectivity index (χ4v) is 2.09. The van der Waals surface area contributed by atoms with E-state index in [0.29, 0.717) is 0 Å². The summed E-state index contributed by atoms with van der Waals surface area (Å²) in [7, 11) is 0.